The Kier molecular flexibility index (Phi) is 13.2. The highest BCUT2D eigenvalue weighted by molar-refractivity contribution is 5.87. The van der Waals surface area contributed by atoms with E-state index in [-0.39, 0.29) is 5.75 Å². The summed E-state index contributed by atoms with van der Waals surface area (Å²) in [6, 6.07) is 5.95. The number of hydrogen-bond acceptors (Lipinski definition) is 17. The van der Waals surface area contributed by atoms with Crippen molar-refractivity contribution >= 4 is 35.9 Å². The Balaban J connectivity index is 1.77. The minimum atomic E-state index is -2.28. The number of phenols is 1. The molecule has 2 aliphatic heterocycles. The van der Waals surface area contributed by atoms with E-state index in [0.717, 1.165) is 33.8 Å². The Bertz CT molecular complexity index is 1300. The van der Waals surface area contributed by atoms with Crippen LogP contribution in [-0.2, 0) is 61.9 Å². The number of phenolic OH excluding ortho intramolecular Hbond substituents is 1. The first kappa shape index (κ1) is 37.3. The Morgan fingerprint density at radius 1 is 0.745 bits per heavy atom. The van der Waals surface area contributed by atoms with E-state index in [1.807, 2.05) is 0 Å². The van der Waals surface area contributed by atoms with Crippen LogP contribution in [0.25, 0.3) is 6.08 Å². The molecule has 47 heavy (non-hydrogen) atoms. The van der Waals surface area contributed by atoms with Crippen LogP contribution < -0.4 is 0 Å². The Morgan fingerprint density at radius 3 is 1.94 bits per heavy atom. The van der Waals surface area contributed by atoms with Gasteiger partial charge in [-0.3, -0.25) is 19.2 Å². The summed E-state index contributed by atoms with van der Waals surface area (Å²) >= 11 is 0. The van der Waals surface area contributed by atoms with Crippen molar-refractivity contribution in [1.29, 1.82) is 0 Å². The minimum absolute atomic E-state index is 0.0388. The molecule has 1 aromatic rings. The molecule has 17 heteroatoms. The first-order valence-electron chi connectivity index (χ1n) is 14.4. The smallest absolute Gasteiger partial charge is 0.330 e. The fourth-order valence-corrected chi connectivity index (χ4v) is 4.79. The summed E-state index contributed by atoms with van der Waals surface area (Å²) in [7, 11) is 0. The molecule has 9 atom stereocenters. The van der Waals surface area contributed by atoms with Crippen molar-refractivity contribution in [3.63, 3.8) is 0 Å². The van der Waals surface area contributed by atoms with Crippen molar-refractivity contribution in [2.45, 2.75) is 82.3 Å². The van der Waals surface area contributed by atoms with E-state index in [0.29, 0.717) is 5.56 Å². The molecular formula is C30H38O17. The molecule has 0 saturated carbocycles. The molecule has 0 aliphatic carbocycles. The number of hydrogen-bond donors (Lipinski definition) is 4. The molecule has 0 radical (unpaired) electrons. The Labute approximate surface area is 268 Å². The predicted octanol–water partition coefficient (Wildman–Crippen LogP) is -1.10. The third kappa shape index (κ3) is 10.4. The SMILES string of the molecule is CC(=O)OC[C@@H]1O[C@H](CO[C@@]2(COC(C)=O)O[C@H](COC(=O)C=Cc3ccc(O)cc3)[C@H](O)[C@H]2O)[C@H](O)[C@@H](OC(C)=O)[C@@H]1OC(C)=O. The van der Waals surface area contributed by atoms with Crippen LogP contribution in [0.5, 0.6) is 5.75 Å². The number of aromatic hydroxyl groups is 1. The summed E-state index contributed by atoms with van der Waals surface area (Å²) < 4.78 is 43.0. The van der Waals surface area contributed by atoms with Crippen LogP contribution in [-0.4, -0.2) is 131 Å². The summed E-state index contributed by atoms with van der Waals surface area (Å²) in [5, 5.41) is 42.2. The first-order valence-corrected chi connectivity index (χ1v) is 14.4. The van der Waals surface area contributed by atoms with Crippen LogP contribution in [0.1, 0.15) is 33.3 Å². The molecule has 2 saturated heterocycles. The van der Waals surface area contributed by atoms with E-state index in [2.05, 4.69) is 0 Å². The quantitative estimate of drug-likeness (QED) is 0.111. The maximum atomic E-state index is 12.3. The van der Waals surface area contributed by atoms with Gasteiger partial charge in [-0.25, -0.2) is 4.79 Å². The van der Waals surface area contributed by atoms with Gasteiger partial charge in [0, 0.05) is 33.8 Å². The Hall–Kier alpha value is -4.13. The van der Waals surface area contributed by atoms with Gasteiger partial charge in [-0.05, 0) is 23.8 Å². The van der Waals surface area contributed by atoms with Crippen molar-refractivity contribution in [3.05, 3.63) is 35.9 Å². The summed E-state index contributed by atoms with van der Waals surface area (Å²) in [4.78, 5) is 59.1. The van der Waals surface area contributed by atoms with E-state index in [9.17, 15) is 44.4 Å². The van der Waals surface area contributed by atoms with Crippen molar-refractivity contribution in [2.75, 3.05) is 26.4 Å². The van der Waals surface area contributed by atoms with E-state index >= 15 is 0 Å². The van der Waals surface area contributed by atoms with Gasteiger partial charge in [0.25, 0.3) is 0 Å². The highest BCUT2D eigenvalue weighted by atomic mass is 16.8. The normalized spacial score (nSPS) is 30.4. The summed E-state index contributed by atoms with van der Waals surface area (Å²) in [6.07, 6.45) is -9.85. The number of carbonyl (C=O) groups excluding carboxylic acids is 5. The summed E-state index contributed by atoms with van der Waals surface area (Å²) in [5.41, 5.74) is 0.582. The van der Waals surface area contributed by atoms with Crippen LogP contribution in [0.4, 0.5) is 0 Å². The largest absolute Gasteiger partial charge is 0.508 e. The number of rotatable bonds is 13. The van der Waals surface area contributed by atoms with Crippen LogP contribution in [0.3, 0.4) is 0 Å². The van der Waals surface area contributed by atoms with Gasteiger partial charge >= 0.3 is 29.8 Å². The maximum absolute atomic E-state index is 12.3. The molecule has 0 unspecified atom stereocenters. The number of carbonyl (C=O) groups is 5. The number of ether oxygens (including phenoxy) is 8. The van der Waals surface area contributed by atoms with Gasteiger partial charge in [0.1, 0.15) is 62.2 Å². The zero-order valence-electron chi connectivity index (χ0n) is 26.0. The third-order valence-corrected chi connectivity index (χ3v) is 6.98. The maximum Gasteiger partial charge on any atom is 0.330 e. The zero-order valence-corrected chi connectivity index (χ0v) is 26.0. The molecule has 0 aromatic heterocycles. The lowest BCUT2D eigenvalue weighted by molar-refractivity contribution is -0.306. The lowest BCUT2D eigenvalue weighted by atomic mass is 9.94. The molecule has 3 rings (SSSR count). The van der Waals surface area contributed by atoms with E-state index in [4.69, 9.17) is 37.9 Å². The highest BCUT2D eigenvalue weighted by Crippen LogP contribution is 2.35. The number of esters is 5. The summed E-state index contributed by atoms with van der Waals surface area (Å²) in [5.74, 6) is -6.25. The first-order chi connectivity index (χ1) is 22.1. The monoisotopic (exact) mass is 670 g/mol. The lowest BCUT2D eigenvalue weighted by Crippen LogP contribution is -2.63. The van der Waals surface area contributed by atoms with Gasteiger partial charge in [0.2, 0.25) is 5.79 Å². The molecule has 1 aromatic carbocycles. The van der Waals surface area contributed by atoms with Gasteiger partial charge in [0.15, 0.2) is 12.2 Å². The van der Waals surface area contributed by atoms with Gasteiger partial charge in [-0.2, -0.15) is 0 Å². The number of benzene rings is 1. The molecule has 17 nitrogen and oxygen atoms in total. The average Bonchev–Trinajstić information content (AvgIpc) is 3.24. The van der Waals surface area contributed by atoms with Gasteiger partial charge in [-0.1, -0.05) is 12.1 Å². The third-order valence-electron chi connectivity index (χ3n) is 6.98. The van der Waals surface area contributed by atoms with Crippen molar-refractivity contribution < 1.29 is 82.3 Å². The van der Waals surface area contributed by atoms with Gasteiger partial charge < -0.3 is 58.3 Å². The van der Waals surface area contributed by atoms with Crippen LogP contribution >= 0.6 is 0 Å². The fraction of sp³-hybridized carbons (Fsp3) is 0.567. The second kappa shape index (κ2) is 16.6. The molecule has 0 amide bonds. The lowest BCUT2D eigenvalue weighted by Gasteiger charge is -2.44. The topological polar surface area (TPSA) is 240 Å². The molecule has 4 N–H and O–H groups in total. The average molecular weight is 671 g/mol. The molecule has 0 spiro atoms. The minimum Gasteiger partial charge on any atom is -0.508 e. The van der Waals surface area contributed by atoms with Crippen molar-refractivity contribution in [1.82, 2.24) is 0 Å². The number of aliphatic hydroxyl groups excluding tert-OH is 3. The number of aliphatic hydroxyl groups is 3. The van der Waals surface area contributed by atoms with Gasteiger partial charge in [-0.15, -0.1) is 0 Å². The standard InChI is InChI=1S/C30H38O17/c1-15(31)40-12-23-27(44-17(3)33)28(45-18(4)34)25(37)21(46-23)13-43-30(14-42-16(2)32)29(39)26(38)22(47-30)11-41-24(36)10-7-19-5-8-20(35)9-6-19/h5-10,21-23,25-29,35,37-39H,11-14H2,1-4H3/t21-,22-,23+,25+,26+,27-,28-,29-,30+/m1/s1. The van der Waals surface area contributed by atoms with E-state index in [1.54, 1.807) is 12.1 Å². The van der Waals surface area contributed by atoms with Crippen LogP contribution in [0.2, 0.25) is 0 Å². The van der Waals surface area contributed by atoms with Crippen molar-refractivity contribution in [2.24, 2.45) is 0 Å². The fourth-order valence-electron chi connectivity index (χ4n) is 4.79. The second-order valence-electron chi connectivity index (χ2n) is 10.7. The van der Waals surface area contributed by atoms with E-state index < -0.39 is 111 Å². The molecule has 2 fully saturated rings. The molecular weight excluding hydrogens is 632 g/mol. The molecule has 2 aliphatic rings. The molecule has 0 bridgehead atoms. The molecule has 260 valence electrons. The Morgan fingerprint density at radius 2 is 1.34 bits per heavy atom. The van der Waals surface area contributed by atoms with Crippen LogP contribution in [0.15, 0.2) is 30.3 Å². The van der Waals surface area contributed by atoms with Crippen molar-refractivity contribution in [3.8, 4) is 5.75 Å². The summed E-state index contributed by atoms with van der Waals surface area (Å²) in [6.45, 7) is 1.80. The zero-order chi connectivity index (χ0) is 34.9. The highest BCUT2D eigenvalue weighted by Gasteiger charge is 2.58. The second-order valence-corrected chi connectivity index (χ2v) is 10.7. The van der Waals surface area contributed by atoms with E-state index in [1.165, 1.54) is 18.2 Å². The molecule has 2 heterocycles. The van der Waals surface area contributed by atoms with Gasteiger partial charge in [0.05, 0.1) is 6.61 Å². The van der Waals surface area contributed by atoms with Crippen LogP contribution in [0, 0.1) is 0 Å². The predicted molar refractivity (Wildman–Crippen MR) is 153 cm³/mol.